The molecule has 0 nitrogen and oxygen atoms in total. The topological polar surface area (TPSA) is 0 Å². The predicted molar refractivity (Wildman–Crippen MR) is 10.3 cm³/mol. The molecule has 0 fully saturated rings. The van der Waals surface area contributed by atoms with E-state index in [0.29, 0.717) is 18.3 Å². The number of rotatable bonds is 0. The molecule has 0 atom stereocenters. The minimum absolute atomic E-state index is 0.544. The minimum atomic E-state index is -1.56. The second-order valence-corrected chi connectivity index (χ2v) is 1.35. The molecular formula is C2HF2Zn. The molecule has 0 aromatic heterocycles. The summed E-state index contributed by atoms with van der Waals surface area (Å²) in [6, 6.07) is 0. The van der Waals surface area contributed by atoms with Crippen molar-refractivity contribution in [1.29, 1.82) is 0 Å². The quantitative estimate of drug-likeness (QED) is 0.431. The Hall–Kier alpha value is 0.223. The molecule has 0 heterocycles. The fraction of sp³-hybridized carbons (Fsp3) is 0. The molecule has 0 aromatic rings. The third-order valence-corrected chi connectivity index (χ3v) is 0.802. The molecule has 0 spiro atoms. The van der Waals surface area contributed by atoms with Crippen LogP contribution in [0.25, 0.3) is 0 Å². The van der Waals surface area contributed by atoms with Crippen molar-refractivity contribution in [3.05, 3.63) is 10.8 Å². The average Bonchev–Trinajstić information content (AvgIpc) is 1.38. The summed E-state index contributed by atoms with van der Waals surface area (Å²) in [4.78, 5) is 0. The van der Waals surface area contributed by atoms with Crippen LogP contribution in [0.5, 0.6) is 0 Å². The molecule has 0 aliphatic heterocycles. The first-order valence-electron chi connectivity index (χ1n) is 1.07. The first-order valence-corrected chi connectivity index (χ1v) is 2.79. The van der Waals surface area contributed by atoms with Crippen molar-refractivity contribution < 1.29 is 27.1 Å². The Morgan fingerprint density at radius 1 is 1.60 bits per heavy atom. The van der Waals surface area contributed by atoms with Gasteiger partial charge in [-0.25, -0.2) is 0 Å². The van der Waals surface area contributed by atoms with Crippen molar-refractivity contribution in [3.63, 3.8) is 0 Å². The van der Waals surface area contributed by atoms with Gasteiger partial charge in [0.1, 0.15) is 0 Å². The van der Waals surface area contributed by atoms with E-state index in [1.165, 1.54) is 0 Å². The molecule has 0 saturated heterocycles. The summed E-state index contributed by atoms with van der Waals surface area (Å²) in [5.41, 5.74) is 0. The van der Waals surface area contributed by atoms with Crippen molar-refractivity contribution in [3.8, 4) is 0 Å². The molecule has 3 heteroatoms. The molecule has 0 amide bonds. The van der Waals surface area contributed by atoms with E-state index in [-0.39, 0.29) is 0 Å². The Kier molecular flexibility index (Phi) is 2.57. The van der Waals surface area contributed by atoms with Crippen LogP contribution in [0, 0.1) is 0 Å². The monoisotopic (exact) mass is 127 g/mol. The summed E-state index contributed by atoms with van der Waals surface area (Å²) in [5.74, 6) is 0. The van der Waals surface area contributed by atoms with E-state index in [0.717, 1.165) is 4.67 Å². The van der Waals surface area contributed by atoms with Gasteiger partial charge >= 0.3 is 37.8 Å². The Balaban J connectivity index is 3.14. The summed E-state index contributed by atoms with van der Waals surface area (Å²) in [6.45, 7) is 0. The fourth-order valence-electron chi connectivity index (χ4n) is 0. The first-order chi connectivity index (χ1) is 2.27. The van der Waals surface area contributed by atoms with E-state index >= 15 is 0 Å². The number of hydrogen-bond acceptors (Lipinski definition) is 0. The van der Waals surface area contributed by atoms with Gasteiger partial charge in [0.15, 0.2) is 0 Å². The van der Waals surface area contributed by atoms with Gasteiger partial charge in [0.25, 0.3) is 0 Å². The van der Waals surface area contributed by atoms with Crippen molar-refractivity contribution in [2.75, 3.05) is 0 Å². The summed E-state index contributed by atoms with van der Waals surface area (Å²) >= 11 is 0.544. The third kappa shape index (κ3) is 4.22. The maximum atomic E-state index is 10.7. The van der Waals surface area contributed by atoms with E-state index in [9.17, 15) is 8.78 Å². The van der Waals surface area contributed by atoms with Gasteiger partial charge in [-0.15, -0.1) is 0 Å². The van der Waals surface area contributed by atoms with Gasteiger partial charge in [-0.1, -0.05) is 0 Å². The Morgan fingerprint density at radius 3 is 1.80 bits per heavy atom. The second-order valence-electron chi connectivity index (χ2n) is 0.494. The molecule has 0 saturated carbocycles. The molecule has 0 N–H and O–H groups in total. The van der Waals surface area contributed by atoms with E-state index < -0.39 is 6.08 Å². The standard InChI is InChI=1S/C2HF2.Zn/c1-2(3)4;/h1H;. The van der Waals surface area contributed by atoms with Crippen LogP contribution in [0.1, 0.15) is 0 Å². The first kappa shape index (κ1) is 5.22. The van der Waals surface area contributed by atoms with E-state index in [1.807, 2.05) is 0 Å². The van der Waals surface area contributed by atoms with E-state index in [4.69, 9.17) is 0 Å². The van der Waals surface area contributed by atoms with Gasteiger partial charge in [-0.05, 0) is 0 Å². The molecule has 0 aliphatic rings. The van der Waals surface area contributed by atoms with Crippen molar-refractivity contribution >= 4 is 0 Å². The Labute approximate surface area is 38.5 Å². The third-order valence-electron chi connectivity index (χ3n) is 0.154. The SMILES string of the molecule is FC(F)=[CH][Zn]. The van der Waals surface area contributed by atoms with Crippen molar-refractivity contribution in [2.45, 2.75) is 0 Å². The van der Waals surface area contributed by atoms with Gasteiger partial charge in [-0.2, -0.15) is 0 Å². The van der Waals surface area contributed by atoms with E-state index in [2.05, 4.69) is 0 Å². The molecular weight excluding hydrogens is 127 g/mol. The molecule has 0 bridgehead atoms. The van der Waals surface area contributed by atoms with Crippen molar-refractivity contribution in [2.24, 2.45) is 0 Å². The van der Waals surface area contributed by atoms with Crippen LogP contribution in [0.15, 0.2) is 10.8 Å². The van der Waals surface area contributed by atoms with Gasteiger partial charge < -0.3 is 0 Å². The van der Waals surface area contributed by atoms with Crippen LogP contribution in [-0.4, -0.2) is 0 Å². The molecule has 0 radical (unpaired) electrons. The zero-order chi connectivity index (χ0) is 4.28. The predicted octanol–water partition coefficient (Wildman–Crippen LogP) is 1.27. The number of hydrogen-bond donors (Lipinski definition) is 0. The van der Waals surface area contributed by atoms with Crippen LogP contribution in [0.3, 0.4) is 0 Å². The Morgan fingerprint density at radius 2 is 1.80 bits per heavy atom. The summed E-state index contributed by atoms with van der Waals surface area (Å²) in [5, 5.41) is 0. The zero-order valence-corrected chi connectivity index (χ0v) is 5.51. The fourth-order valence-corrected chi connectivity index (χ4v) is 0. The molecule has 0 unspecified atom stereocenters. The van der Waals surface area contributed by atoms with Crippen LogP contribution in [-0.2, 0) is 18.3 Å². The summed E-state index contributed by atoms with van der Waals surface area (Å²) < 4.78 is 22.2. The maximum absolute atomic E-state index is 10.7. The van der Waals surface area contributed by atoms with Gasteiger partial charge in [0, 0.05) is 0 Å². The zero-order valence-electron chi connectivity index (χ0n) is 2.54. The van der Waals surface area contributed by atoms with Crippen LogP contribution in [0.2, 0.25) is 0 Å². The Bertz CT molecular complexity index is 45.6. The average molecular weight is 128 g/mol. The van der Waals surface area contributed by atoms with Crippen molar-refractivity contribution in [1.82, 2.24) is 0 Å². The summed E-state index contributed by atoms with van der Waals surface area (Å²) in [7, 11) is 0. The van der Waals surface area contributed by atoms with Gasteiger partial charge in [0.2, 0.25) is 0 Å². The van der Waals surface area contributed by atoms with Gasteiger partial charge in [0.05, 0.1) is 0 Å². The van der Waals surface area contributed by atoms with Crippen LogP contribution in [0.4, 0.5) is 8.78 Å². The molecule has 0 rings (SSSR count). The molecule has 5 heavy (non-hydrogen) atoms. The molecule has 0 aromatic carbocycles. The second kappa shape index (κ2) is 2.46. The summed E-state index contributed by atoms with van der Waals surface area (Å²) in [6.07, 6.45) is -1.56. The van der Waals surface area contributed by atoms with Gasteiger partial charge in [-0.3, -0.25) is 0 Å². The molecule has 25 valence electrons. The van der Waals surface area contributed by atoms with Crippen LogP contribution >= 0.6 is 0 Å². The number of halogens is 2. The van der Waals surface area contributed by atoms with Crippen LogP contribution < -0.4 is 0 Å². The van der Waals surface area contributed by atoms with E-state index in [1.54, 1.807) is 0 Å². The molecule has 0 aliphatic carbocycles. The normalized spacial score (nSPS) is 7.20.